The number of hydrogen-bond acceptors (Lipinski definition) is 4. The van der Waals surface area contributed by atoms with E-state index in [9.17, 15) is 4.79 Å². The first kappa shape index (κ1) is 17.0. The molecule has 4 rings (SSSR count). The van der Waals surface area contributed by atoms with Gasteiger partial charge < -0.3 is 14.6 Å². The molecule has 2 saturated heterocycles. The summed E-state index contributed by atoms with van der Waals surface area (Å²) in [6.45, 7) is 1.89. The standard InChI is InChI=1S/C17H22N4O2.ClH/c1-10-3-6-16(23-10)14-9-15(20-19-14)17(22)21(2)13-7-11-4-5-12(8-13)18-11;/h3,6,9,11-13,18H,4-5,7-8H2,1-2H3,(H,19,20);1H. The van der Waals surface area contributed by atoms with Gasteiger partial charge in [0.2, 0.25) is 0 Å². The first-order valence-electron chi connectivity index (χ1n) is 8.25. The maximum Gasteiger partial charge on any atom is 0.274 e. The summed E-state index contributed by atoms with van der Waals surface area (Å²) in [5, 5.41) is 10.7. The highest BCUT2D eigenvalue weighted by Crippen LogP contribution is 2.30. The number of carbonyl (C=O) groups is 1. The van der Waals surface area contributed by atoms with Crippen LogP contribution < -0.4 is 5.32 Å². The van der Waals surface area contributed by atoms with Crippen molar-refractivity contribution in [3.63, 3.8) is 0 Å². The maximum absolute atomic E-state index is 12.7. The fourth-order valence-electron chi connectivity index (χ4n) is 3.83. The topological polar surface area (TPSA) is 74.2 Å². The van der Waals surface area contributed by atoms with Crippen LogP contribution in [0.5, 0.6) is 0 Å². The largest absolute Gasteiger partial charge is 0.460 e. The van der Waals surface area contributed by atoms with Gasteiger partial charge in [0.15, 0.2) is 11.5 Å². The number of nitrogens with one attached hydrogen (secondary N) is 2. The third-order valence-electron chi connectivity index (χ3n) is 5.12. The van der Waals surface area contributed by atoms with Crippen molar-refractivity contribution >= 4 is 18.3 Å². The monoisotopic (exact) mass is 350 g/mol. The van der Waals surface area contributed by atoms with Crippen molar-refractivity contribution in [2.24, 2.45) is 0 Å². The van der Waals surface area contributed by atoms with Gasteiger partial charge in [-0.15, -0.1) is 12.4 Å². The Morgan fingerprint density at radius 1 is 1.29 bits per heavy atom. The number of hydrogen-bond donors (Lipinski definition) is 2. The Morgan fingerprint density at radius 2 is 2.00 bits per heavy atom. The van der Waals surface area contributed by atoms with E-state index in [4.69, 9.17) is 4.42 Å². The minimum Gasteiger partial charge on any atom is -0.460 e. The molecule has 0 spiro atoms. The summed E-state index contributed by atoms with van der Waals surface area (Å²) in [7, 11) is 1.89. The third-order valence-corrected chi connectivity index (χ3v) is 5.12. The number of aromatic amines is 1. The zero-order valence-electron chi connectivity index (χ0n) is 13.9. The predicted octanol–water partition coefficient (Wildman–Crippen LogP) is 2.75. The highest BCUT2D eigenvalue weighted by Gasteiger charge is 2.36. The van der Waals surface area contributed by atoms with E-state index in [1.807, 2.05) is 31.0 Å². The lowest BCUT2D eigenvalue weighted by Gasteiger charge is -2.35. The molecule has 6 nitrogen and oxygen atoms in total. The first-order chi connectivity index (χ1) is 11.1. The Kier molecular flexibility index (Phi) is 4.69. The highest BCUT2D eigenvalue weighted by atomic mass is 35.5. The van der Waals surface area contributed by atoms with Crippen molar-refractivity contribution < 1.29 is 9.21 Å². The van der Waals surface area contributed by atoms with Gasteiger partial charge in [0.25, 0.3) is 5.91 Å². The number of furan rings is 1. The highest BCUT2D eigenvalue weighted by molar-refractivity contribution is 5.93. The van der Waals surface area contributed by atoms with E-state index in [1.54, 1.807) is 6.07 Å². The summed E-state index contributed by atoms with van der Waals surface area (Å²) < 4.78 is 5.57. The lowest BCUT2D eigenvalue weighted by molar-refractivity contribution is 0.0675. The summed E-state index contributed by atoms with van der Waals surface area (Å²) >= 11 is 0. The number of rotatable bonds is 3. The molecule has 0 aromatic carbocycles. The average Bonchev–Trinajstić information content (AvgIpc) is 3.26. The normalized spacial score (nSPS) is 25.3. The van der Waals surface area contributed by atoms with Gasteiger partial charge in [0, 0.05) is 31.2 Å². The lowest BCUT2D eigenvalue weighted by Crippen LogP contribution is -2.48. The average molecular weight is 351 g/mol. The summed E-state index contributed by atoms with van der Waals surface area (Å²) in [6.07, 6.45) is 4.53. The van der Waals surface area contributed by atoms with Gasteiger partial charge in [-0.25, -0.2) is 0 Å². The number of H-pyrrole nitrogens is 1. The Hall–Kier alpha value is -1.79. The lowest BCUT2D eigenvalue weighted by atomic mass is 9.98. The second kappa shape index (κ2) is 6.61. The fourth-order valence-corrected chi connectivity index (χ4v) is 3.83. The molecule has 2 aliphatic heterocycles. The molecule has 7 heteroatoms. The van der Waals surface area contributed by atoms with Gasteiger partial charge in [0.05, 0.1) is 0 Å². The molecule has 2 aromatic heterocycles. The minimum absolute atomic E-state index is 0. The third kappa shape index (κ3) is 3.08. The zero-order chi connectivity index (χ0) is 16.0. The van der Waals surface area contributed by atoms with Gasteiger partial charge in [-0.05, 0) is 44.7 Å². The molecule has 2 aromatic rings. The van der Waals surface area contributed by atoms with E-state index in [0.29, 0.717) is 29.6 Å². The molecule has 2 atom stereocenters. The van der Waals surface area contributed by atoms with Crippen molar-refractivity contribution in [3.05, 3.63) is 29.7 Å². The molecule has 2 fully saturated rings. The summed E-state index contributed by atoms with van der Waals surface area (Å²) in [6, 6.07) is 6.98. The molecule has 2 N–H and O–H groups in total. The van der Waals surface area contributed by atoms with Gasteiger partial charge in [0.1, 0.15) is 11.5 Å². The van der Waals surface area contributed by atoms with Crippen molar-refractivity contribution in [3.8, 4) is 11.5 Å². The molecule has 1 amide bonds. The van der Waals surface area contributed by atoms with Crippen LogP contribution in [0.1, 0.15) is 41.9 Å². The van der Waals surface area contributed by atoms with Crippen LogP contribution in [-0.2, 0) is 0 Å². The van der Waals surface area contributed by atoms with Gasteiger partial charge in [-0.2, -0.15) is 5.10 Å². The van der Waals surface area contributed by atoms with Crippen molar-refractivity contribution in [1.82, 2.24) is 20.4 Å². The second-order valence-corrected chi connectivity index (χ2v) is 6.76. The number of aryl methyl sites for hydroxylation is 1. The van der Waals surface area contributed by atoms with Crippen LogP contribution in [0.15, 0.2) is 22.6 Å². The molecule has 130 valence electrons. The molecule has 2 aliphatic rings. The van der Waals surface area contributed by atoms with E-state index >= 15 is 0 Å². The molecule has 0 aliphatic carbocycles. The van der Waals surface area contributed by atoms with Gasteiger partial charge >= 0.3 is 0 Å². The number of halogens is 1. The van der Waals surface area contributed by atoms with Crippen LogP contribution in [0.3, 0.4) is 0 Å². The van der Waals surface area contributed by atoms with Crippen LogP contribution in [0, 0.1) is 6.92 Å². The molecule has 0 radical (unpaired) electrons. The molecular weight excluding hydrogens is 328 g/mol. The molecule has 2 bridgehead atoms. The van der Waals surface area contributed by atoms with E-state index in [1.165, 1.54) is 12.8 Å². The van der Waals surface area contributed by atoms with Crippen molar-refractivity contribution in [2.75, 3.05) is 7.05 Å². The molecule has 4 heterocycles. The number of nitrogens with zero attached hydrogens (tertiary/aromatic N) is 2. The first-order valence-corrected chi connectivity index (χ1v) is 8.25. The molecule has 24 heavy (non-hydrogen) atoms. The Bertz CT molecular complexity index is 714. The fraction of sp³-hybridized carbons (Fsp3) is 0.529. The number of amides is 1. The van der Waals surface area contributed by atoms with Crippen molar-refractivity contribution in [2.45, 2.75) is 50.7 Å². The van der Waals surface area contributed by atoms with Gasteiger partial charge in [-0.3, -0.25) is 9.89 Å². The van der Waals surface area contributed by atoms with Gasteiger partial charge in [-0.1, -0.05) is 0 Å². The number of fused-ring (bicyclic) bond motifs is 2. The molecule has 2 unspecified atom stereocenters. The number of aromatic nitrogens is 2. The summed E-state index contributed by atoms with van der Waals surface area (Å²) in [5.41, 5.74) is 1.18. The zero-order valence-corrected chi connectivity index (χ0v) is 14.7. The maximum atomic E-state index is 12.7. The Morgan fingerprint density at radius 3 is 2.62 bits per heavy atom. The Labute approximate surface area is 147 Å². The van der Waals surface area contributed by atoms with E-state index in [0.717, 1.165) is 24.3 Å². The molecular formula is C17H23ClN4O2. The van der Waals surface area contributed by atoms with Crippen LogP contribution in [0.4, 0.5) is 0 Å². The van der Waals surface area contributed by atoms with E-state index < -0.39 is 0 Å². The smallest absolute Gasteiger partial charge is 0.274 e. The van der Waals surface area contributed by atoms with E-state index in [-0.39, 0.29) is 18.3 Å². The van der Waals surface area contributed by atoms with Crippen LogP contribution >= 0.6 is 12.4 Å². The summed E-state index contributed by atoms with van der Waals surface area (Å²) in [4.78, 5) is 14.6. The Balaban J connectivity index is 0.00000169. The van der Waals surface area contributed by atoms with Crippen LogP contribution in [0.25, 0.3) is 11.5 Å². The predicted molar refractivity (Wildman–Crippen MR) is 93.3 cm³/mol. The number of piperidine rings is 1. The molecule has 0 saturated carbocycles. The van der Waals surface area contributed by atoms with Crippen LogP contribution in [-0.4, -0.2) is 46.2 Å². The minimum atomic E-state index is -0.0259. The van der Waals surface area contributed by atoms with Crippen molar-refractivity contribution in [1.29, 1.82) is 0 Å². The number of carbonyl (C=O) groups excluding carboxylic acids is 1. The van der Waals surface area contributed by atoms with E-state index in [2.05, 4.69) is 15.5 Å². The SMILES string of the molecule is Cc1ccc(-c2cc(C(=O)N(C)C3CC4CCC(C3)N4)n[nH]2)o1.Cl. The van der Waals surface area contributed by atoms with Crippen LogP contribution in [0.2, 0.25) is 0 Å². The quantitative estimate of drug-likeness (QED) is 0.892. The summed E-state index contributed by atoms with van der Waals surface area (Å²) in [5.74, 6) is 1.52. The second-order valence-electron chi connectivity index (χ2n) is 6.76.